The largest absolute Gasteiger partial charge is 0.472 e. The van der Waals surface area contributed by atoms with Gasteiger partial charge in [0.05, 0.1) is 6.61 Å². The van der Waals surface area contributed by atoms with Gasteiger partial charge in [0, 0.05) is 12.8 Å². The topological polar surface area (TPSA) is 210 Å². The maximum absolute atomic E-state index is 12.8. The summed E-state index contributed by atoms with van der Waals surface area (Å²) in [6.45, 7) is 3.31. The SMILES string of the molecule is CCCCCC/C=C/CCCCCCCC(=O)OC[C@H](COP(=O)(O)OC1C(O)C(O)C(O)[C@H](O)C1O)OC(=O)CCCCCCCCCCCCCCCCCCCCCC. The van der Waals surface area contributed by atoms with Gasteiger partial charge in [0.2, 0.25) is 0 Å². The summed E-state index contributed by atoms with van der Waals surface area (Å²) in [5.41, 5.74) is 0. The molecule has 13 nitrogen and oxygen atoms in total. The molecule has 14 heteroatoms. The molecule has 0 radical (unpaired) electrons. The van der Waals surface area contributed by atoms with Gasteiger partial charge in [0.25, 0.3) is 0 Å². The lowest BCUT2D eigenvalue weighted by molar-refractivity contribution is -0.220. The molecule has 0 saturated heterocycles. The molecule has 1 rings (SSSR count). The van der Waals surface area contributed by atoms with Gasteiger partial charge in [0.1, 0.15) is 43.2 Å². The zero-order valence-electron chi connectivity index (χ0n) is 38.9. The number of phosphoric ester groups is 1. The van der Waals surface area contributed by atoms with Crippen molar-refractivity contribution in [2.75, 3.05) is 13.2 Å². The standard InChI is InChI=1S/C48H91O13P/c1-3-5-7-9-11-13-15-17-18-19-20-21-22-23-25-27-29-31-33-35-37-42(50)60-40(39-59-62(56,57)61-48-46(54)44(52)43(51)45(53)47(48)55)38-58-41(49)36-34-32-30-28-26-24-16-14-12-10-8-6-4-2/h14,16,40,43-48,51-55H,3-13,15,17-39H2,1-2H3,(H,56,57)/b16-14+/t40-,43?,44+,45?,46?,47?,48?/m1/s1. The summed E-state index contributed by atoms with van der Waals surface area (Å²) in [6.07, 6.45) is 28.4. The van der Waals surface area contributed by atoms with E-state index in [0.29, 0.717) is 12.8 Å². The number of aliphatic hydroxyl groups is 5. The molecule has 8 atom stereocenters. The van der Waals surface area contributed by atoms with Gasteiger partial charge < -0.3 is 39.9 Å². The van der Waals surface area contributed by atoms with Gasteiger partial charge in [-0.3, -0.25) is 18.6 Å². The lowest BCUT2D eigenvalue weighted by atomic mass is 9.85. The van der Waals surface area contributed by atoms with Gasteiger partial charge in [-0.25, -0.2) is 4.57 Å². The van der Waals surface area contributed by atoms with Crippen molar-refractivity contribution in [1.82, 2.24) is 0 Å². The Kier molecular flexibility index (Phi) is 36.7. The number of carbonyl (C=O) groups excluding carboxylic acids is 2. The minimum absolute atomic E-state index is 0.101. The van der Waals surface area contributed by atoms with Crippen LogP contribution >= 0.6 is 7.82 Å². The molecular weight excluding hydrogens is 815 g/mol. The number of phosphoric acid groups is 1. The van der Waals surface area contributed by atoms with Crippen molar-refractivity contribution in [2.24, 2.45) is 0 Å². The van der Waals surface area contributed by atoms with Crippen molar-refractivity contribution in [3.63, 3.8) is 0 Å². The van der Waals surface area contributed by atoms with Gasteiger partial charge >= 0.3 is 19.8 Å². The van der Waals surface area contributed by atoms with Crippen LogP contribution in [0.3, 0.4) is 0 Å². The van der Waals surface area contributed by atoms with Crippen LogP contribution in [0.25, 0.3) is 0 Å². The quantitative estimate of drug-likeness (QED) is 0.0146. The molecule has 6 N–H and O–H groups in total. The Morgan fingerprint density at radius 2 is 0.823 bits per heavy atom. The second kappa shape index (κ2) is 38.8. The van der Waals surface area contributed by atoms with Crippen LogP contribution in [0.1, 0.15) is 226 Å². The summed E-state index contributed by atoms with van der Waals surface area (Å²) in [5.74, 6) is -1.10. The van der Waals surface area contributed by atoms with E-state index >= 15 is 0 Å². The van der Waals surface area contributed by atoms with E-state index in [1.54, 1.807) is 0 Å². The minimum atomic E-state index is -5.12. The van der Waals surface area contributed by atoms with Crippen LogP contribution in [0.4, 0.5) is 0 Å². The zero-order valence-corrected chi connectivity index (χ0v) is 39.8. The second-order valence-corrected chi connectivity index (χ2v) is 19.1. The van der Waals surface area contributed by atoms with Crippen molar-refractivity contribution >= 4 is 19.8 Å². The molecule has 0 aliphatic heterocycles. The molecule has 0 spiro atoms. The van der Waals surface area contributed by atoms with Gasteiger partial charge in [-0.1, -0.05) is 187 Å². The summed E-state index contributed by atoms with van der Waals surface area (Å²) in [5, 5.41) is 50.2. The molecule has 0 aromatic carbocycles. The highest BCUT2D eigenvalue weighted by Crippen LogP contribution is 2.47. The molecule has 366 valence electrons. The third-order valence-electron chi connectivity index (χ3n) is 11.9. The number of ether oxygens (including phenoxy) is 2. The number of hydrogen-bond donors (Lipinski definition) is 6. The number of carbonyl (C=O) groups is 2. The average molecular weight is 907 g/mol. The lowest BCUT2D eigenvalue weighted by Gasteiger charge is -2.41. The van der Waals surface area contributed by atoms with E-state index < -0.39 is 75.7 Å². The number of allylic oxidation sites excluding steroid dienone is 2. The third-order valence-corrected chi connectivity index (χ3v) is 12.8. The van der Waals surface area contributed by atoms with Crippen LogP contribution in [0, 0.1) is 0 Å². The van der Waals surface area contributed by atoms with Crippen molar-refractivity contribution in [3.8, 4) is 0 Å². The molecule has 0 aromatic heterocycles. The number of aliphatic hydroxyl groups excluding tert-OH is 5. The molecular formula is C48H91O13P. The van der Waals surface area contributed by atoms with Crippen LogP contribution in [-0.4, -0.2) is 98.3 Å². The Morgan fingerprint density at radius 1 is 0.484 bits per heavy atom. The first kappa shape index (κ1) is 58.6. The van der Waals surface area contributed by atoms with Crippen LogP contribution in [0.15, 0.2) is 12.2 Å². The van der Waals surface area contributed by atoms with Gasteiger partial charge in [-0.2, -0.15) is 0 Å². The van der Waals surface area contributed by atoms with Gasteiger partial charge in [0.15, 0.2) is 6.10 Å². The first-order valence-corrected chi connectivity index (χ1v) is 26.5. The maximum atomic E-state index is 12.8. The Bertz CT molecular complexity index is 1140. The average Bonchev–Trinajstić information content (AvgIpc) is 3.25. The van der Waals surface area contributed by atoms with Crippen molar-refractivity contribution in [2.45, 2.75) is 268 Å². The zero-order chi connectivity index (χ0) is 45.7. The number of hydrogen-bond acceptors (Lipinski definition) is 12. The molecule has 0 aromatic rings. The first-order valence-electron chi connectivity index (χ1n) is 25.0. The van der Waals surface area contributed by atoms with E-state index in [-0.39, 0.29) is 12.8 Å². The summed E-state index contributed by atoms with van der Waals surface area (Å²) in [6, 6.07) is 0. The van der Waals surface area contributed by atoms with Gasteiger partial charge in [-0.05, 0) is 38.5 Å². The fourth-order valence-corrected chi connectivity index (χ4v) is 8.79. The molecule has 0 bridgehead atoms. The molecule has 6 unspecified atom stereocenters. The maximum Gasteiger partial charge on any atom is 0.472 e. The highest BCUT2D eigenvalue weighted by Gasteiger charge is 2.51. The Labute approximate surface area is 375 Å². The molecule has 0 amide bonds. The lowest BCUT2D eigenvalue weighted by Crippen LogP contribution is -2.64. The monoisotopic (exact) mass is 907 g/mol. The Hall–Kier alpha value is -1.41. The van der Waals surface area contributed by atoms with Crippen LogP contribution in [-0.2, 0) is 32.7 Å². The van der Waals surface area contributed by atoms with Crippen molar-refractivity contribution in [3.05, 3.63) is 12.2 Å². The first-order chi connectivity index (χ1) is 29.9. The highest BCUT2D eigenvalue weighted by atomic mass is 31.2. The van der Waals surface area contributed by atoms with E-state index in [9.17, 15) is 44.6 Å². The van der Waals surface area contributed by atoms with E-state index in [1.807, 2.05) is 0 Å². The second-order valence-electron chi connectivity index (χ2n) is 17.7. The van der Waals surface area contributed by atoms with Crippen LogP contribution < -0.4 is 0 Å². The van der Waals surface area contributed by atoms with Crippen LogP contribution in [0.2, 0.25) is 0 Å². The fraction of sp³-hybridized carbons (Fsp3) is 0.917. The van der Waals surface area contributed by atoms with E-state index in [0.717, 1.165) is 57.8 Å². The molecule has 1 aliphatic rings. The van der Waals surface area contributed by atoms with E-state index in [1.165, 1.54) is 128 Å². The predicted molar refractivity (Wildman–Crippen MR) is 244 cm³/mol. The molecule has 1 fully saturated rings. The Morgan fingerprint density at radius 3 is 1.24 bits per heavy atom. The molecule has 0 heterocycles. The number of unbranched alkanes of at least 4 members (excludes halogenated alkanes) is 28. The molecule has 1 saturated carbocycles. The highest BCUT2D eigenvalue weighted by molar-refractivity contribution is 7.47. The minimum Gasteiger partial charge on any atom is -0.462 e. The van der Waals surface area contributed by atoms with Crippen molar-refractivity contribution in [1.29, 1.82) is 0 Å². The molecule has 1 aliphatic carbocycles. The summed E-state index contributed by atoms with van der Waals surface area (Å²) in [4.78, 5) is 35.7. The van der Waals surface area contributed by atoms with Crippen LogP contribution in [0.5, 0.6) is 0 Å². The summed E-state index contributed by atoms with van der Waals surface area (Å²) < 4.78 is 33.6. The van der Waals surface area contributed by atoms with E-state index in [4.69, 9.17) is 18.5 Å². The smallest absolute Gasteiger partial charge is 0.462 e. The third kappa shape index (κ3) is 30.7. The predicted octanol–water partition coefficient (Wildman–Crippen LogP) is 10.2. The fourth-order valence-electron chi connectivity index (χ4n) is 7.81. The molecule has 62 heavy (non-hydrogen) atoms. The van der Waals surface area contributed by atoms with Gasteiger partial charge in [-0.15, -0.1) is 0 Å². The normalized spacial score (nSPS) is 21.9. The Balaban J connectivity index is 2.39. The summed E-state index contributed by atoms with van der Waals surface area (Å²) in [7, 11) is -5.12. The van der Waals surface area contributed by atoms with E-state index in [2.05, 4.69) is 26.0 Å². The van der Waals surface area contributed by atoms with Crippen molar-refractivity contribution < 1.29 is 63.1 Å². The summed E-state index contributed by atoms with van der Waals surface area (Å²) >= 11 is 0. The number of rotatable bonds is 42. The number of esters is 2.